The summed E-state index contributed by atoms with van der Waals surface area (Å²) in [6.45, 7) is 9.46. The molecule has 0 aliphatic heterocycles. The molecule has 0 amide bonds. The summed E-state index contributed by atoms with van der Waals surface area (Å²) in [6, 6.07) is 0. The van der Waals surface area contributed by atoms with E-state index in [0.29, 0.717) is 22.7 Å². The fraction of sp³-hybridized carbons (Fsp3) is 0.923. The van der Waals surface area contributed by atoms with Crippen LogP contribution in [-0.4, -0.2) is 6.29 Å². The molecule has 0 N–H and O–H groups in total. The van der Waals surface area contributed by atoms with Crippen LogP contribution in [0.2, 0.25) is 0 Å². The van der Waals surface area contributed by atoms with Gasteiger partial charge in [-0.25, -0.2) is 0 Å². The van der Waals surface area contributed by atoms with Crippen LogP contribution in [0.1, 0.15) is 47.0 Å². The van der Waals surface area contributed by atoms with Gasteiger partial charge in [-0.2, -0.15) is 0 Å². The summed E-state index contributed by atoms with van der Waals surface area (Å²) in [4.78, 5) is 11.0. The molecule has 0 unspecified atom stereocenters. The Morgan fingerprint density at radius 2 is 1.86 bits per heavy atom. The zero-order valence-electron chi connectivity index (χ0n) is 9.84. The topological polar surface area (TPSA) is 17.1 Å². The third-order valence-electron chi connectivity index (χ3n) is 5.97. The second-order valence-electron chi connectivity index (χ2n) is 6.07. The Labute approximate surface area is 87.3 Å². The average Bonchev–Trinajstić information content (AvgIpc) is 2.50. The number of carbonyl (C=O) groups excluding carboxylic acids is 1. The fourth-order valence-corrected chi connectivity index (χ4v) is 4.17. The highest BCUT2D eigenvalue weighted by Gasteiger charge is 2.61. The van der Waals surface area contributed by atoms with Crippen LogP contribution in [0.3, 0.4) is 0 Å². The zero-order valence-corrected chi connectivity index (χ0v) is 9.84. The van der Waals surface area contributed by atoms with Crippen molar-refractivity contribution in [1.29, 1.82) is 0 Å². The predicted molar refractivity (Wildman–Crippen MR) is 57.9 cm³/mol. The van der Waals surface area contributed by atoms with Gasteiger partial charge in [-0.3, -0.25) is 0 Å². The van der Waals surface area contributed by atoms with E-state index in [0.717, 1.165) is 12.3 Å². The highest BCUT2D eigenvalue weighted by atomic mass is 16.1. The molecule has 0 heterocycles. The minimum atomic E-state index is 0.313. The van der Waals surface area contributed by atoms with Crippen molar-refractivity contribution in [2.45, 2.75) is 47.0 Å². The van der Waals surface area contributed by atoms with E-state index in [-0.39, 0.29) is 0 Å². The monoisotopic (exact) mass is 194 g/mol. The Balaban J connectivity index is 2.38. The molecule has 0 aromatic carbocycles. The molecule has 14 heavy (non-hydrogen) atoms. The summed E-state index contributed by atoms with van der Waals surface area (Å²) in [5.41, 5.74) is 0.829. The number of aldehydes is 1. The van der Waals surface area contributed by atoms with Crippen molar-refractivity contribution in [1.82, 2.24) is 0 Å². The van der Waals surface area contributed by atoms with Crippen LogP contribution in [-0.2, 0) is 4.79 Å². The molecular formula is C13H22O. The Morgan fingerprint density at radius 3 is 2.36 bits per heavy atom. The maximum atomic E-state index is 11.0. The van der Waals surface area contributed by atoms with Crippen LogP contribution in [0.5, 0.6) is 0 Å². The van der Waals surface area contributed by atoms with Gasteiger partial charge in [0.05, 0.1) is 0 Å². The normalized spacial score (nSPS) is 57.3. The van der Waals surface area contributed by atoms with E-state index in [4.69, 9.17) is 0 Å². The van der Waals surface area contributed by atoms with Gasteiger partial charge in [0.2, 0.25) is 0 Å². The second-order valence-corrected chi connectivity index (χ2v) is 6.07. The van der Waals surface area contributed by atoms with E-state index < -0.39 is 0 Å². The highest BCUT2D eigenvalue weighted by Crippen LogP contribution is 2.68. The lowest BCUT2D eigenvalue weighted by molar-refractivity contribution is -0.112. The van der Waals surface area contributed by atoms with Crippen LogP contribution in [0.4, 0.5) is 0 Å². The summed E-state index contributed by atoms with van der Waals surface area (Å²) < 4.78 is 0. The summed E-state index contributed by atoms with van der Waals surface area (Å²) in [5.74, 6) is 1.68. The van der Waals surface area contributed by atoms with Gasteiger partial charge >= 0.3 is 0 Å². The van der Waals surface area contributed by atoms with Gasteiger partial charge in [0.1, 0.15) is 6.29 Å². The standard InChI is InChI=1S/C13H22O/c1-9-5-6-12(3)10(2)11(8-14)7-13(9,12)4/h8-11H,5-7H2,1-4H3/t9-,10-,11-,12+,13+/m1/s1. The number of hydrogen-bond donors (Lipinski definition) is 0. The minimum absolute atomic E-state index is 0.313. The number of hydrogen-bond acceptors (Lipinski definition) is 1. The summed E-state index contributed by atoms with van der Waals surface area (Å²) >= 11 is 0. The van der Waals surface area contributed by atoms with Gasteiger partial charge in [0.15, 0.2) is 0 Å². The van der Waals surface area contributed by atoms with Crippen molar-refractivity contribution in [2.75, 3.05) is 0 Å². The van der Waals surface area contributed by atoms with E-state index in [1.54, 1.807) is 0 Å². The first-order chi connectivity index (χ1) is 6.45. The lowest BCUT2D eigenvalue weighted by Gasteiger charge is -2.40. The summed E-state index contributed by atoms with van der Waals surface area (Å²) in [6.07, 6.45) is 4.99. The van der Waals surface area contributed by atoms with E-state index in [2.05, 4.69) is 27.7 Å². The first kappa shape index (κ1) is 10.2. The first-order valence-corrected chi connectivity index (χ1v) is 5.91. The fourth-order valence-electron chi connectivity index (χ4n) is 4.17. The third kappa shape index (κ3) is 0.936. The predicted octanol–water partition coefficient (Wildman–Crippen LogP) is 3.28. The van der Waals surface area contributed by atoms with E-state index in [9.17, 15) is 4.79 Å². The molecule has 1 heteroatoms. The maximum absolute atomic E-state index is 11.0. The van der Waals surface area contributed by atoms with Crippen LogP contribution in [0, 0.1) is 28.6 Å². The Hall–Kier alpha value is -0.330. The molecule has 0 aromatic rings. The molecule has 0 radical (unpaired) electrons. The van der Waals surface area contributed by atoms with Crippen molar-refractivity contribution in [3.8, 4) is 0 Å². The average molecular weight is 194 g/mol. The maximum Gasteiger partial charge on any atom is 0.123 e. The Morgan fingerprint density at radius 1 is 1.21 bits per heavy atom. The highest BCUT2D eigenvalue weighted by molar-refractivity contribution is 5.55. The van der Waals surface area contributed by atoms with Gasteiger partial charge in [-0.05, 0) is 41.9 Å². The zero-order chi connectivity index (χ0) is 10.6. The van der Waals surface area contributed by atoms with Crippen LogP contribution in [0.15, 0.2) is 0 Å². The van der Waals surface area contributed by atoms with Gasteiger partial charge in [0, 0.05) is 5.92 Å². The molecule has 2 aliphatic carbocycles. The van der Waals surface area contributed by atoms with Crippen LogP contribution in [0.25, 0.3) is 0 Å². The molecule has 80 valence electrons. The van der Waals surface area contributed by atoms with Crippen LogP contribution < -0.4 is 0 Å². The summed E-state index contributed by atoms with van der Waals surface area (Å²) in [5, 5.41) is 0. The number of fused-ring (bicyclic) bond motifs is 1. The smallest absolute Gasteiger partial charge is 0.123 e. The van der Waals surface area contributed by atoms with Crippen molar-refractivity contribution in [3.63, 3.8) is 0 Å². The van der Waals surface area contributed by atoms with Gasteiger partial charge in [-0.1, -0.05) is 27.7 Å². The molecule has 0 spiro atoms. The number of rotatable bonds is 1. The molecule has 2 fully saturated rings. The molecule has 0 bridgehead atoms. The van der Waals surface area contributed by atoms with Gasteiger partial charge in [-0.15, -0.1) is 0 Å². The SMILES string of the molecule is C[C@@H]1CC[C@@]2(C)[C@H](C)[C@@H](C=O)C[C@@]12C. The van der Waals surface area contributed by atoms with Gasteiger partial charge in [0.25, 0.3) is 0 Å². The van der Waals surface area contributed by atoms with E-state index >= 15 is 0 Å². The quantitative estimate of drug-likeness (QED) is 0.585. The number of carbonyl (C=O) groups is 1. The second kappa shape index (κ2) is 2.84. The molecule has 1 nitrogen and oxygen atoms in total. The van der Waals surface area contributed by atoms with Gasteiger partial charge < -0.3 is 4.79 Å². The van der Waals surface area contributed by atoms with Crippen molar-refractivity contribution in [3.05, 3.63) is 0 Å². The lowest BCUT2D eigenvalue weighted by atomic mass is 9.65. The molecular weight excluding hydrogens is 172 g/mol. The molecule has 2 rings (SSSR count). The van der Waals surface area contributed by atoms with Crippen molar-refractivity contribution < 1.29 is 4.79 Å². The van der Waals surface area contributed by atoms with E-state index in [1.807, 2.05) is 0 Å². The Kier molecular flexibility index (Phi) is 2.06. The largest absolute Gasteiger partial charge is 0.303 e. The molecule has 0 saturated heterocycles. The van der Waals surface area contributed by atoms with E-state index in [1.165, 1.54) is 19.1 Å². The molecule has 5 atom stereocenters. The van der Waals surface area contributed by atoms with Crippen molar-refractivity contribution in [2.24, 2.45) is 28.6 Å². The lowest BCUT2D eigenvalue weighted by Crippen LogP contribution is -2.33. The minimum Gasteiger partial charge on any atom is -0.303 e. The third-order valence-corrected chi connectivity index (χ3v) is 5.97. The molecule has 0 aromatic heterocycles. The summed E-state index contributed by atoms with van der Waals surface area (Å²) in [7, 11) is 0. The Bertz CT molecular complexity index is 258. The molecule has 2 saturated carbocycles. The van der Waals surface area contributed by atoms with Crippen molar-refractivity contribution >= 4 is 6.29 Å². The molecule has 2 aliphatic rings. The van der Waals surface area contributed by atoms with Crippen LogP contribution >= 0.6 is 0 Å². The first-order valence-electron chi connectivity index (χ1n) is 5.91.